The van der Waals surface area contributed by atoms with Crippen molar-refractivity contribution in [3.05, 3.63) is 46.3 Å². The van der Waals surface area contributed by atoms with Crippen LogP contribution in [0.5, 0.6) is 0 Å². The summed E-state index contributed by atoms with van der Waals surface area (Å²) in [7, 11) is 0. The van der Waals surface area contributed by atoms with Gasteiger partial charge in [0.15, 0.2) is 6.29 Å². The summed E-state index contributed by atoms with van der Waals surface area (Å²) >= 11 is 0. The molecule has 0 aliphatic carbocycles. The molecule has 5 heteroatoms. The zero-order valence-corrected chi connectivity index (χ0v) is 9.43. The van der Waals surface area contributed by atoms with Crippen molar-refractivity contribution in [2.24, 2.45) is 0 Å². The summed E-state index contributed by atoms with van der Waals surface area (Å²) < 4.78 is 15.8. The van der Waals surface area contributed by atoms with Crippen LogP contribution in [0.4, 0.5) is 0 Å². The monoisotopic (exact) mass is 224 g/mol. The fourth-order valence-electron chi connectivity index (χ4n) is 1.72. The molecule has 0 N–H and O–H groups in total. The van der Waals surface area contributed by atoms with E-state index in [1.165, 1.54) is 0 Å². The van der Waals surface area contributed by atoms with E-state index < -0.39 is 6.29 Å². The Morgan fingerprint density at radius 1 is 1.18 bits per heavy atom. The average Bonchev–Trinajstić information content (AvgIpc) is 2.83. The van der Waals surface area contributed by atoms with Crippen molar-refractivity contribution >= 4 is 11.0 Å². The second kappa shape index (κ2) is 5.07. The topological polar surface area (TPSA) is 48.7 Å². The Morgan fingerprint density at radius 2 is 1.88 bits per heavy atom. The first-order valence-electron chi connectivity index (χ1n) is 5.03. The van der Waals surface area contributed by atoms with E-state index in [-0.39, 0.29) is 24.3 Å². The van der Waals surface area contributed by atoms with Crippen LogP contribution < -0.4 is 24.3 Å². The van der Waals surface area contributed by atoms with Gasteiger partial charge in [0.2, 0.25) is 0 Å². The normalized spacial score (nSPS) is 16.0. The van der Waals surface area contributed by atoms with Crippen LogP contribution >= 0.6 is 0 Å². The Bertz CT molecular complexity index is 572. The van der Waals surface area contributed by atoms with Crippen molar-refractivity contribution in [3.8, 4) is 0 Å². The molecule has 1 aromatic heterocycles. The molecule has 82 valence electrons. The third-order valence-corrected chi connectivity index (χ3v) is 2.50. The zero-order chi connectivity index (χ0) is 11.0. The molecule has 2 aromatic rings. The Labute approximate surface area is 110 Å². The third-order valence-electron chi connectivity index (χ3n) is 2.50. The van der Waals surface area contributed by atoms with Crippen LogP contribution in [-0.4, -0.2) is 13.2 Å². The molecule has 0 saturated carbocycles. The number of fused-ring (bicyclic) bond motifs is 1. The smallest absolute Gasteiger partial charge is 0.580 e. The number of rotatable bonds is 1. The fraction of sp³-hybridized carbons (Fsp3) is 0.250. The van der Waals surface area contributed by atoms with E-state index >= 15 is 0 Å². The maximum Gasteiger partial charge on any atom is 1.00 e. The molecule has 1 aromatic carbocycles. The van der Waals surface area contributed by atoms with Crippen molar-refractivity contribution in [2.75, 3.05) is 13.2 Å². The minimum atomic E-state index is -0.638. The minimum absolute atomic E-state index is 0. The van der Waals surface area contributed by atoms with Gasteiger partial charge in [0.05, 0.1) is 18.6 Å². The molecule has 4 nitrogen and oxygen atoms in total. The van der Waals surface area contributed by atoms with Gasteiger partial charge in [-0.25, -0.2) is 0 Å². The van der Waals surface area contributed by atoms with Gasteiger partial charge >= 0.3 is 18.9 Å². The summed E-state index contributed by atoms with van der Waals surface area (Å²) in [6.45, 7) is 0.982. The first-order chi connectivity index (χ1) is 7.86. The van der Waals surface area contributed by atoms with Gasteiger partial charge in [0.25, 0.3) is 0 Å². The molecular formula is C12H9LiO4. The number of benzene rings is 1. The van der Waals surface area contributed by atoms with Crippen LogP contribution in [0, 0.1) is 6.26 Å². The van der Waals surface area contributed by atoms with Crippen LogP contribution in [0.1, 0.15) is 11.9 Å². The standard InChI is InChI=1S/C12H9O4.Li/c13-11-8-3-1-2-4-10(8)16-7-9(11)12-14-5-6-15-12;/h1-4,12H,5-6H2;/q-1;+1. The van der Waals surface area contributed by atoms with Crippen molar-refractivity contribution in [3.63, 3.8) is 0 Å². The molecule has 17 heavy (non-hydrogen) atoms. The molecule has 0 radical (unpaired) electrons. The summed E-state index contributed by atoms with van der Waals surface area (Å²) in [5, 5.41) is 0.523. The van der Waals surface area contributed by atoms with Gasteiger partial charge in [0, 0.05) is 11.8 Å². The summed E-state index contributed by atoms with van der Waals surface area (Å²) in [6.07, 6.45) is 1.95. The van der Waals surface area contributed by atoms with Crippen molar-refractivity contribution in [1.82, 2.24) is 0 Å². The Kier molecular flexibility index (Phi) is 3.70. The SMILES string of the molecule is O=c1c(C2OCCO2)[c-]oc2ccccc12.[Li+]. The Balaban J connectivity index is 0.00000108. The quantitative estimate of drug-likeness (QED) is 0.443. The number of hydrogen-bond donors (Lipinski definition) is 0. The van der Waals surface area contributed by atoms with E-state index in [0.717, 1.165) is 0 Å². The molecule has 1 aliphatic heterocycles. The number of hydrogen-bond acceptors (Lipinski definition) is 4. The van der Waals surface area contributed by atoms with E-state index in [1.807, 2.05) is 0 Å². The van der Waals surface area contributed by atoms with Gasteiger partial charge in [-0.05, 0) is 10.9 Å². The van der Waals surface area contributed by atoms with Gasteiger partial charge in [-0.3, -0.25) is 0 Å². The molecule has 2 heterocycles. The predicted molar refractivity (Wildman–Crippen MR) is 56.0 cm³/mol. The van der Waals surface area contributed by atoms with E-state index in [9.17, 15) is 4.79 Å². The van der Waals surface area contributed by atoms with Gasteiger partial charge in [-0.15, -0.1) is 0 Å². The summed E-state index contributed by atoms with van der Waals surface area (Å²) in [4.78, 5) is 12.1. The molecule has 1 aliphatic rings. The van der Waals surface area contributed by atoms with Crippen molar-refractivity contribution < 1.29 is 32.8 Å². The summed E-state index contributed by atoms with van der Waals surface area (Å²) in [6, 6.07) is 7.04. The molecule has 0 unspecified atom stereocenters. The molecular weight excluding hydrogens is 215 g/mol. The summed E-state index contributed by atoms with van der Waals surface area (Å²) in [5.41, 5.74) is 0.680. The molecule has 0 bridgehead atoms. The van der Waals surface area contributed by atoms with Crippen molar-refractivity contribution in [2.45, 2.75) is 6.29 Å². The fourth-order valence-corrected chi connectivity index (χ4v) is 1.72. The maximum atomic E-state index is 12.1. The van der Waals surface area contributed by atoms with E-state index in [2.05, 4.69) is 6.26 Å². The minimum Gasteiger partial charge on any atom is -0.580 e. The van der Waals surface area contributed by atoms with Crippen LogP contribution in [0.2, 0.25) is 0 Å². The Morgan fingerprint density at radius 3 is 2.65 bits per heavy atom. The first kappa shape index (κ1) is 12.4. The largest absolute Gasteiger partial charge is 1.00 e. The van der Waals surface area contributed by atoms with E-state index in [1.54, 1.807) is 24.3 Å². The molecule has 0 spiro atoms. The molecule has 1 fully saturated rings. The zero-order valence-electron chi connectivity index (χ0n) is 9.43. The predicted octanol–water partition coefficient (Wildman–Crippen LogP) is -1.36. The molecule has 1 saturated heterocycles. The van der Waals surface area contributed by atoms with E-state index in [0.29, 0.717) is 29.7 Å². The van der Waals surface area contributed by atoms with Gasteiger partial charge < -0.3 is 18.7 Å². The second-order valence-corrected chi connectivity index (χ2v) is 3.52. The maximum absolute atomic E-state index is 12.1. The van der Waals surface area contributed by atoms with Gasteiger partial charge in [-0.2, -0.15) is 0 Å². The second-order valence-electron chi connectivity index (χ2n) is 3.52. The average molecular weight is 224 g/mol. The van der Waals surface area contributed by atoms with Crippen molar-refractivity contribution in [1.29, 1.82) is 0 Å². The van der Waals surface area contributed by atoms with Crippen LogP contribution in [0.15, 0.2) is 33.5 Å². The first-order valence-corrected chi connectivity index (χ1v) is 5.03. The number of ether oxygens (including phenoxy) is 2. The molecule has 0 atom stereocenters. The van der Waals surface area contributed by atoms with Gasteiger partial charge in [0.1, 0.15) is 0 Å². The summed E-state index contributed by atoms with van der Waals surface area (Å²) in [5.74, 6) is 0. The van der Waals surface area contributed by atoms with Crippen LogP contribution in [-0.2, 0) is 9.47 Å². The molecule has 0 amide bonds. The van der Waals surface area contributed by atoms with E-state index in [4.69, 9.17) is 13.9 Å². The Hall–Kier alpha value is -1.05. The molecule has 3 rings (SSSR count). The van der Waals surface area contributed by atoms with Crippen LogP contribution in [0.3, 0.4) is 0 Å². The van der Waals surface area contributed by atoms with Crippen LogP contribution in [0.25, 0.3) is 11.0 Å². The third kappa shape index (κ3) is 2.17. The van der Waals surface area contributed by atoms with Gasteiger partial charge in [-0.1, -0.05) is 24.3 Å². The number of para-hydroxylation sites is 1.